The van der Waals surface area contributed by atoms with E-state index in [0.29, 0.717) is 24.0 Å². The Morgan fingerprint density at radius 2 is 1.88 bits per heavy atom. The van der Waals surface area contributed by atoms with Crippen molar-refractivity contribution >= 4 is 11.6 Å². The monoisotopic (exact) mass is 357 g/mol. The standard InChI is InChI=1S/C20H27N3O3/c1-5-21-20(22-13-17(24)15-8-6-7-14(2)11-15)23-16-9-10-18(25-3)19(12-16)26-4/h6-12,17,24H,5,13H2,1-4H3,(H2,21,22,23). The predicted octanol–water partition coefficient (Wildman–Crippen LogP) is 3.12. The lowest BCUT2D eigenvalue weighted by atomic mass is 10.1. The molecule has 0 radical (unpaired) electrons. The Labute approximate surface area is 154 Å². The van der Waals surface area contributed by atoms with E-state index < -0.39 is 6.10 Å². The molecule has 140 valence electrons. The molecule has 0 fully saturated rings. The molecule has 26 heavy (non-hydrogen) atoms. The van der Waals surface area contributed by atoms with Crippen molar-refractivity contribution in [2.24, 2.45) is 4.99 Å². The highest BCUT2D eigenvalue weighted by atomic mass is 16.5. The molecule has 0 aliphatic rings. The second kappa shape index (κ2) is 9.68. The average Bonchev–Trinajstić information content (AvgIpc) is 2.65. The Balaban J connectivity index is 2.11. The number of rotatable bonds is 7. The van der Waals surface area contributed by atoms with Crippen LogP contribution in [0, 0.1) is 6.92 Å². The van der Waals surface area contributed by atoms with Crippen LogP contribution in [0.25, 0.3) is 0 Å². The molecule has 0 heterocycles. The largest absolute Gasteiger partial charge is 0.493 e. The number of nitrogens with zero attached hydrogens (tertiary/aromatic N) is 1. The van der Waals surface area contributed by atoms with Crippen LogP contribution in [0.3, 0.4) is 0 Å². The van der Waals surface area contributed by atoms with E-state index in [1.165, 1.54) is 0 Å². The van der Waals surface area contributed by atoms with Crippen LogP contribution in [0.15, 0.2) is 47.5 Å². The molecule has 0 aromatic heterocycles. The number of methoxy groups -OCH3 is 2. The zero-order valence-corrected chi connectivity index (χ0v) is 15.7. The van der Waals surface area contributed by atoms with Crippen LogP contribution in [-0.4, -0.2) is 38.4 Å². The van der Waals surface area contributed by atoms with E-state index in [2.05, 4.69) is 15.6 Å². The van der Waals surface area contributed by atoms with Crippen LogP contribution in [-0.2, 0) is 0 Å². The van der Waals surface area contributed by atoms with Gasteiger partial charge in [0.05, 0.1) is 26.9 Å². The van der Waals surface area contributed by atoms with E-state index in [4.69, 9.17) is 9.47 Å². The molecule has 0 aliphatic heterocycles. The number of aryl methyl sites for hydroxylation is 1. The Kier molecular flexibility index (Phi) is 7.29. The number of guanidine groups is 1. The molecule has 0 aliphatic carbocycles. The van der Waals surface area contributed by atoms with Gasteiger partial charge in [0, 0.05) is 18.3 Å². The van der Waals surface area contributed by atoms with Crippen LogP contribution >= 0.6 is 0 Å². The molecule has 6 heteroatoms. The lowest BCUT2D eigenvalue weighted by Gasteiger charge is -2.15. The summed E-state index contributed by atoms with van der Waals surface area (Å²) in [7, 11) is 3.20. The van der Waals surface area contributed by atoms with Crippen molar-refractivity contribution in [3.05, 3.63) is 53.6 Å². The molecule has 3 N–H and O–H groups in total. The summed E-state index contributed by atoms with van der Waals surface area (Å²) >= 11 is 0. The normalized spacial score (nSPS) is 12.4. The van der Waals surface area contributed by atoms with Crippen molar-refractivity contribution in [2.45, 2.75) is 20.0 Å². The van der Waals surface area contributed by atoms with Gasteiger partial charge in [0.25, 0.3) is 0 Å². The molecule has 6 nitrogen and oxygen atoms in total. The Bertz CT molecular complexity index is 747. The van der Waals surface area contributed by atoms with Crippen LogP contribution in [0.2, 0.25) is 0 Å². The molecule has 0 saturated heterocycles. The second-order valence-electron chi connectivity index (χ2n) is 5.84. The van der Waals surface area contributed by atoms with Crippen LogP contribution in [0.5, 0.6) is 11.5 Å². The molecule has 1 atom stereocenters. The van der Waals surface area contributed by atoms with E-state index in [9.17, 15) is 5.11 Å². The summed E-state index contributed by atoms with van der Waals surface area (Å²) in [5.41, 5.74) is 2.78. The van der Waals surface area contributed by atoms with Crippen molar-refractivity contribution in [1.82, 2.24) is 5.32 Å². The molecular weight excluding hydrogens is 330 g/mol. The minimum atomic E-state index is -0.657. The van der Waals surface area contributed by atoms with E-state index in [1.807, 2.05) is 56.3 Å². The van der Waals surface area contributed by atoms with Crippen molar-refractivity contribution in [3.8, 4) is 11.5 Å². The number of aliphatic imine (C=N–C) groups is 1. The highest BCUT2D eigenvalue weighted by molar-refractivity contribution is 5.93. The van der Waals surface area contributed by atoms with Gasteiger partial charge in [0.1, 0.15) is 0 Å². The molecule has 0 saturated carbocycles. The first kappa shape index (κ1) is 19.6. The van der Waals surface area contributed by atoms with Gasteiger partial charge in [0.2, 0.25) is 0 Å². The maximum Gasteiger partial charge on any atom is 0.195 e. The molecular formula is C20H27N3O3. The van der Waals surface area contributed by atoms with E-state index >= 15 is 0 Å². The average molecular weight is 357 g/mol. The first-order valence-electron chi connectivity index (χ1n) is 8.59. The second-order valence-corrected chi connectivity index (χ2v) is 5.84. The van der Waals surface area contributed by atoms with Gasteiger partial charge in [-0.15, -0.1) is 0 Å². The number of nitrogens with one attached hydrogen (secondary N) is 2. The predicted molar refractivity (Wildman–Crippen MR) is 105 cm³/mol. The van der Waals surface area contributed by atoms with Crippen molar-refractivity contribution in [1.29, 1.82) is 0 Å². The number of aliphatic hydroxyl groups is 1. The highest BCUT2D eigenvalue weighted by Crippen LogP contribution is 2.29. The molecule has 2 rings (SSSR count). The van der Waals surface area contributed by atoms with Crippen molar-refractivity contribution in [3.63, 3.8) is 0 Å². The zero-order chi connectivity index (χ0) is 18.9. The summed E-state index contributed by atoms with van der Waals surface area (Å²) in [6.45, 7) is 4.96. The number of hydrogen-bond donors (Lipinski definition) is 3. The van der Waals surface area contributed by atoms with Crippen LogP contribution < -0.4 is 20.1 Å². The summed E-state index contributed by atoms with van der Waals surface area (Å²) in [6.07, 6.45) is -0.657. The summed E-state index contributed by atoms with van der Waals surface area (Å²) in [5.74, 6) is 1.88. The first-order valence-corrected chi connectivity index (χ1v) is 8.59. The number of hydrogen-bond acceptors (Lipinski definition) is 4. The van der Waals surface area contributed by atoms with Gasteiger partial charge in [-0.05, 0) is 31.5 Å². The van der Waals surface area contributed by atoms with Crippen LogP contribution in [0.4, 0.5) is 5.69 Å². The summed E-state index contributed by atoms with van der Waals surface area (Å²) in [6, 6.07) is 13.4. The molecule has 2 aromatic rings. The molecule has 1 unspecified atom stereocenters. The maximum atomic E-state index is 10.4. The smallest absolute Gasteiger partial charge is 0.195 e. The third-order valence-corrected chi connectivity index (χ3v) is 3.84. The molecule has 0 bridgehead atoms. The highest BCUT2D eigenvalue weighted by Gasteiger charge is 2.09. The number of aliphatic hydroxyl groups excluding tert-OH is 1. The topological polar surface area (TPSA) is 75.1 Å². The SMILES string of the molecule is CCNC(=NCC(O)c1cccc(C)c1)Nc1ccc(OC)c(OC)c1. The zero-order valence-electron chi connectivity index (χ0n) is 15.7. The lowest BCUT2D eigenvalue weighted by molar-refractivity contribution is 0.187. The van der Waals surface area contributed by atoms with Crippen molar-refractivity contribution in [2.75, 3.05) is 32.6 Å². The molecule has 0 amide bonds. The Morgan fingerprint density at radius 3 is 2.54 bits per heavy atom. The quantitative estimate of drug-likeness (QED) is 0.524. The minimum absolute atomic E-state index is 0.256. The third kappa shape index (κ3) is 5.39. The minimum Gasteiger partial charge on any atom is -0.493 e. The van der Waals surface area contributed by atoms with Crippen LogP contribution in [0.1, 0.15) is 24.2 Å². The van der Waals surface area contributed by atoms with E-state index in [1.54, 1.807) is 14.2 Å². The fraction of sp³-hybridized carbons (Fsp3) is 0.350. The van der Waals surface area contributed by atoms with Crippen molar-refractivity contribution < 1.29 is 14.6 Å². The fourth-order valence-corrected chi connectivity index (χ4v) is 2.52. The summed E-state index contributed by atoms with van der Waals surface area (Å²) < 4.78 is 10.6. The number of anilines is 1. The lowest BCUT2D eigenvalue weighted by Crippen LogP contribution is -2.31. The summed E-state index contributed by atoms with van der Waals surface area (Å²) in [4.78, 5) is 4.49. The third-order valence-electron chi connectivity index (χ3n) is 3.84. The van der Waals surface area contributed by atoms with Gasteiger partial charge in [-0.3, -0.25) is 0 Å². The van der Waals surface area contributed by atoms with E-state index in [-0.39, 0.29) is 6.54 Å². The Morgan fingerprint density at radius 1 is 1.12 bits per heavy atom. The molecule has 0 spiro atoms. The van der Waals surface area contributed by atoms with Gasteiger partial charge in [0.15, 0.2) is 17.5 Å². The maximum absolute atomic E-state index is 10.4. The fourth-order valence-electron chi connectivity index (χ4n) is 2.52. The number of benzene rings is 2. The molecule has 2 aromatic carbocycles. The van der Waals surface area contributed by atoms with Gasteiger partial charge >= 0.3 is 0 Å². The number of ether oxygens (including phenoxy) is 2. The van der Waals surface area contributed by atoms with Gasteiger partial charge < -0.3 is 25.2 Å². The van der Waals surface area contributed by atoms with Gasteiger partial charge in [-0.1, -0.05) is 29.8 Å². The summed E-state index contributed by atoms with van der Waals surface area (Å²) in [5, 5.41) is 16.8. The first-order chi connectivity index (χ1) is 12.6. The van der Waals surface area contributed by atoms with Gasteiger partial charge in [-0.2, -0.15) is 0 Å². The Hall–Kier alpha value is -2.73. The van der Waals surface area contributed by atoms with E-state index in [0.717, 1.165) is 16.8 Å². The van der Waals surface area contributed by atoms with Gasteiger partial charge in [-0.25, -0.2) is 4.99 Å².